The number of hydrogen-bond donors (Lipinski definition) is 0. The molecule has 1 aromatic carbocycles. The summed E-state index contributed by atoms with van der Waals surface area (Å²) in [6.07, 6.45) is 0. The van der Waals surface area contributed by atoms with Gasteiger partial charge in [0.1, 0.15) is 11.4 Å². The van der Waals surface area contributed by atoms with Crippen molar-refractivity contribution in [2.75, 3.05) is 7.11 Å². The molecular weight excluding hydrogens is 232 g/mol. The van der Waals surface area contributed by atoms with Crippen LogP contribution in [0.5, 0.6) is 5.75 Å². The Labute approximate surface area is 103 Å². The summed E-state index contributed by atoms with van der Waals surface area (Å²) in [5, 5.41) is 6.66. The minimum atomic E-state index is 0.868. The van der Waals surface area contributed by atoms with Crippen LogP contribution in [0.2, 0.25) is 0 Å². The maximum atomic E-state index is 5.16. The van der Waals surface area contributed by atoms with Crippen LogP contribution < -0.4 is 4.74 Å². The fourth-order valence-electron chi connectivity index (χ4n) is 1.92. The molecule has 2 heterocycles. The van der Waals surface area contributed by atoms with Crippen LogP contribution in [0.1, 0.15) is 0 Å². The Morgan fingerprint density at radius 1 is 1.18 bits per heavy atom. The SMILES string of the molecule is COc1ccc(-c2nn(C)c3ccsc23)cc1. The molecule has 17 heavy (non-hydrogen) atoms. The van der Waals surface area contributed by atoms with E-state index < -0.39 is 0 Å². The Bertz CT molecular complexity index is 652. The molecular formula is C13H12N2OS. The van der Waals surface area contributed by atoms with Crippen LogP contribution in [0.15, 0.2) is 35.7 Å². The number of rotatable bonds is 2. The zero-order chi connectivity index (χ0) is 11.8. The van der Waals surface area contributed by atoms with Gasteiger partial charge in [0.25, 0.3) is 0 Å². The van der Waals surface area contributed by atoms with Crippen LogP contribution in [-0.4, -0.2) is 16.9 Å². The van der Waals surface area contributed by atoms with Gasteiger partial charge in [0.2, 0.25) is 0 Å². The van der Waals surface area contributed by atoms with Gasteiger partial charge in [0.15, 0.2) is 0 Å². The van der Waals surface area contributed by atoms with Crippen LogP contribution in [0.25, 0.3) is 21.5 Å². The summed E-state index contributed by atoms with van der Waals surface area (Å²) >= 11 is 1.72. The van der Waals surface area contributed by atoms with E-state index in [1.165, 1.54) is 10.2 Å². The van der Waals surface area contributed by atoms with E-state index in [1.54, 1.807) is 18.4 Å². The number of hydrogen-bond acceptors (Lipinski definition) is 3. The van der Waals surface area contributed by atoms with Crippen LogP contribution in [0.3, 0.4) is 0 Å². The van der Waals surface area contributed by atoms with Gasteiger partial charge < -0.3 is 4.74 Å². The van der Waals surface area contributed by atoms with Gasteiger partial charge in [-0.2, -0.15) is 5.10 Å². The number of thiophene rings is 1. The van der Waals surface area contributed by atoms with Crippen molar-refractivity contribution in [3.8, 4) is 17.0 Å². The summed E-state index contributed by atoms with van der Waals surface area (Å²) in [6.45, 7) is 0. The minimum absolute atomic E-state index is 0.868. The monoisotopic (exact) mass is 244 g/mol. The van der Waals surface area contributed by atoms with Crippen LogP contribution in [0.4, 0.5) is 0 Å². The van der Waals surface area contributed by atoms with E-state index in [0.717, 1.165) is 17.0 Å². The Morgan fingerprint density at radius 3 is 2.65 bits per heavy atom. The molecule has 86 valence electrons. The zero-order valence-electron chi connectivity index (χ0n) is 9.68. The molecule has 0 bridgehead atoms. The topological polar surface area (TPSA) is 27.1 Å². The molecule has 0 aliphatic carbocycles. The van der Waals surface area contributed by atoms with E-state index in [-0.39, 0.29) is 0 Å². The quantitative estimate of drug-likeness (QED) is 0.691. The van der Waals surface area contributed by atoms with E-state index in [2.05, 4.69) is 16.5 Å². The second kappa shape index (κ2) is 3.89. The number of nitrogens with zero attached hydrogens (tertiary/aromatic N) is 2. The Morgan fingerprint density at radius 2 is 1.94 bits per heavy atom. The molecule has 0 unspecified atom stereocenters. The highest BCUT2D eigenvalue weighted by atomic mass is 32.1. The number of fused-ring (bicyclic) bond motifs is 1. The molecule has 3 aromatic rings. The summed E-state index contributed by atoms with van der Waals surface area (Å²) in [5.74, 6) is 0.868. The first-order valence-electron chi connectivity index (χ1n) is 5.34. The maximum absolute atomic E-state index is 5.16. The van der Waals surface area contributed by atoms with Gasteiger partial charge in [-0.25, -0.2) is 0 Å². The first kappa shape index (κ1) is 10.4. The summed E-state index contributed by atoms with van der Waals surface area (Å²) in [6, 6.07) is 10.1. The minimum Gasteiger partial charge on any atom is -0.497 e. The predicted octanol–water partition coefficient (Wildman–Crippen LogP) is 3.31. The molecule has 2 aromatic heterocycles. The van der Waals surface area contributed by atoms with E-state index >= 15 is 0 Å². The van der Waals surface area contributed by atoms with Gasteiger partial charge >= 0.3 is 0 Å². The zero-order valence-corrected chi connectivity index (χ0v) is 10.5. The average Bonchev–Trinajstić information content (AvgIpc) is 2.94. The highest BCUT2D eigenvalue weighted by Crippen LogP contribution is 2.32. The largest absolute Gasteiger partial charge is 0.497 e. The molecule has 0 saturated heterocycles. The molecule has 0 radical (unpaired) electrons. The number of aromatic nitrogens is 2. The molecule has 3 nitrogen and oxygen atoms in total. The van der Waals surface area contributed by atoms with Gasteiger partial charge in [0, 0.05) is 12.6 Å². The standard InChI is InChI=1S/C13H12N2OS/c1-15-11-7-8-17-13(11)12(14-15)9-3-5-10(16-2)6-4-9/h3-8H,1-2H3. The van der Waals surface area contributed by atoms with Gasteiger partial charge in [-0.05, 0) is 35.7 Å². The molecule has 0 amide bonds. The van der Waals surface area contributed by atoms with Crippen molar-refractivity contribution in [3.63, 3.8) is 0 Å². The lowest BCUT2D eigenvalue weighted by Gasteiger charge is -2.00. The van der Waals surface area contributed by atoms with E-state index in [9.17, 15) is 0 Å². The van der Waals surface area contributed by atoms with Crippen LogP contribution in [0, 0.1) is 0 Å². The second-order valence-corrected chi connectivity index (χ2v) is 4.75. The summed E-state index contributed by atoms with van der Waals surface area (Å²) < 4.78 is 8.32. The highest BCUT2D eigenvalue weighted by molar-refractivity contribution is 7.17. The normalized spacial score (nSPS) is 10.9. The second-order valence-electron chi connectivity index (χ2n) is 3.84. The molecule has 0 saturated carbocycles. The number of ether oxygens (including phenoxy) is 1. The lowest BCUT2D eigenvalue weighted by Crippen LogP contribution is -1.89. The molecule has 0 spiro atoms. The summed E-state index contributed by atoms with van der Waals surface area (Å²) in [4.78, 5) is 0. The number of benzene rings is 1. The van der Waals surface area contributed by atoms with Crippen molar-refractivity contribution in [1.29, 1.82) is 0 Å². The van der Waals surface area contributed by atoms with Crippen molar-refractivity contribution in [2.45, 2.75) is 0 Å². The predicted molar refractivity (Wildman–Crippen MR) is 70.6 cm³/mol. The Hall–Kier alpha value is -1.81. The third kappa shape index (κ3) is 1.61. The maximum Gasteiger partial charge on any atom is 0.118 e. The van der Waals surface area contributed by atoms with Crippen molar-refractivity contribution in [1.82, 2.24) is 9.78 Å². The molecule has 0 N–H and O–H groups in total. The van der Waals surface area contributed by atoms with Crippen LogP contribution >= 0.6 is 11.3 Å². The molecule has 4 heteroatoms. The van der Waals surface area contributed by atoms with Crippen molar-refractivity contribution >= 4 is 21.6 Å². The number of aryl methyl sites for hydroxylation is 1. The third-order valence-electron chi connectivity index (χ3n) is 2.82. The highest BCUT2D eigenvalue weighted by Gasteiger charge is 2.11. The first-order valence-corrected chi connectivity index (χ1v) is 6.22. The molecule has 0 atom stereocenters. The molecule has 0 aliphatic rings. The fourth-order valence-corrected chi connectivity index (χ4v) is 2.85. The average molecular weight is 244 g/mol. The van der Waals surface area contributed by atoms with E-state index in [0.29, 0.717) is 0 Å². The Balaban J connectivity index is 2.16. The Kier molecular flexibility index (Phi) is 2.37. The van der Waals surface area contributed by atoms with E-state index in [1.807, 2.05) is 36.0 Å². The summed E-state index contributed by atoms with van der Waals surface area (Å²) in [5.41, 5.74) is 3.35. The molecule has 3 rings (SSSR count). The smallest absolute Gasteiger partial charge is 0.118 e. The van der Waals surface area contributed by atoms with Gasteiger partial charge in [-0.15, -0.1) is 11.3 Å². The van der Waals surface area contributed by atoms with Gasteiger partial charge in [-0.1, -0.05) is 0 Å². The number of methoxy groups -OCH3 is 1. The third-order valence-corrected chi connectivity index (χ3v) is 3.73. The van der Waals surface area contributed by atoms with Crippen molar-refractivity contribution < 1.29 is 4.74 Å². The fraction of sp³-hybridized carbons (Fsp3) is 0.154. The van der Waals surface area contributed by atoms with Crippen LogP contribution in [-0.2, 0) is 7.05 Å². The molecule has 0 fully saturated rings. The van der Waals surface area contributed by atoms with Gasteiger partial charge in [0.05, 0.1) is 17.3 Å². The summed E-state index contributed by atoms with van der Waals surface area (Å²) in [7, 11) is 3.65. The van der Waals surface area contributed by atoms with Crippen molar-refractivity contribution in [3.05, 3.63) is 35.7 Å². The molecule has 0 aliphatic heterocycles. The van der Waals surface area contributed by atoms with Gasteiger partial charge in [-0.3, -0.25) is 4.68 Å². The lowest BCUT2D eigenvalue weighted by atomic mass is 10.1. The first-order chi connectivity index (χ1) is 8.29. The van der Waals surface area contributed by atoms with Crippen molar-refractivity contribution in [2.24, 2.45) is 7.05 Å². The lowest BCUT2D eigenvalue weighted by molar-refractivity contribution is 0.415. The van der Waals surface area contributed by atoms with E-state index in [4.69, 9.17) is 4.74 Å².